The summed E-state index contributed by atoms with van der Waals surface area (Å²) in [7, 11) is 0. The van der Waals surface area contributed by atoms with Gasteiger partial charge in [-0.2, -0.15) is 0 Å². The van der Waals surface area contributed by atoms with Crippen LogP contribution in [0.25, 0.3) is 0 Å². The maximum Gasteiger partial charge on any atom is 0.113 e. The number of hydrogen-bond acceptors (Lipinski definition) is 2. The van der Waals surface area contributed by atoms with E-state index in [0.717, 1.165) is 6.42 Å². The molecule has 0 aliphatic carbocycles. The summed E-state index contributed by atoms with van der Waals surface area (Å²) in [6.07, 6.45) is 0.823. The summed E-state index contributed by atoms with van der Waals surface area (Å²) >= 11 is 0. The van der Waals surface area contributed by atoms with E-state index in [9.17, 15) is 4.39 Å². The number of hydrogen-bond donors (Lipinski definition) is 1. The molecule has 1 atom stereocenters. The zero-order valence-electron chi connectivity index (χ0n) is 6.69. The SMILES string of the molecule is CCC(C)(CN)OCCF. The fraction of sp³-hybridized carbons (Fsp3) is 1.00. The van der Waals surface area contributed by atoms with E-state index in [4.69, 9.17) is 10.5 Å². The summed E-state index contributed by atoms with van der Waals surface area (Å²) in [4.78, 5) is 0. The minimum absolute atomic E-state index is 0.154. The second-order valence-corrected chi connectivity index (χ2v) is 2.55. The van der Waals surface area contributed by atoms with Crippen LogP contribution in [0.15, 0.2) is 0 Å². The fourth-order valence-corrected chi connectivity index (χ4v) is 0.590. The highest BCUT2D eigenvalue weighted by Crippen LogP contribution is 2.12. The highest BCUT2D eigenvalue weighted by molar-refractivity contribution is 4.73. The van der Waals surface area contributed by atoms with Crippen molar-refractivity contribution in [1.82, 2.24) is 0 Å². The molecule has 0 saturated carbocycles. The molecule has 0 amide bonds. The van der Waals surface area contributed by atoms with Crippen LogP contribution in [0.3, 0.4) is 0 Å². The molecule has 0 aromatic rings. The van der Waals surface area contributed by atoms with Gasteiger partial charge in [-0.1, -0.05) is 6.92 Å². The first-order chi connectivity index (χ1) is 4.68. The summed E-state index contributed by atoms with van der Waals surface area (Å²) in [5.74, 6) is 0. The Morgan fingerprint density at radius 1 is 1.60 bits per heavy atom. The molecule has 0 aromatic heterocycles. The first kappa shape index (κ1) is 9.85. The molecule has 0 spiro atoms. The van der Waals surface area contributed by atoms with Gasteiger partial charge in [0.15, 0.2) is 0 Å². The monoisotopic (exact) mass is 149 g/mol. The third-order valence-corrected chi connectivity index (χ3v) is 1.71. The van der Waals surface area contributed by atoms with Crippen LogP contribution < -0.4 is 5.73 Å². The zero-order chi connectivity index (χ0) is 8.04. The van der Waals surface area contributed by atoms with Crippen LogP contribution in [-0.2, 0) is 4.74 Å². The van der Waals surface area contributed by atoms with Crippen molar-refractivity contribution in [2.75, 3.05) is 19.8 Å². The third kappa shape index (κ3) is 3.13. The van der Waals surface area contributed by atoms with Gasteiger partial charge in [0.25, 0.3) is 0 Å². The van der Waals surface area contributed by atoms with E-state index >= 15 is 0 Å². The molecule has 3 heteroatoms. The number of rotatable bonds is 5. The fourth-order valence-electron chi connectivity index (χ4n) is 0.590. The molecule has 62 valence electrons. The third-order valence-electron chi connectivity index (χ3n) is 1.71. The molecule has 0 aliphatic heterocycles. The summed E-state index contributed by atoms with van der Waals surface area (Å²) in [5, 5.41) is 0. The Bertz CT molecular complexity index is 83.7. The average Bonchev–Trinajstić information content (AvgIpc) is 2.00. The predicted octanol–water partition coefficient (Wildman–Crippen LogP) is 1.10. The smallest absolute Gasteiger partial charge is 0.113 e. The first-order valence-corrected chi connectivity index (χ1v) is 3.58. The van der Waals surface area contributed by atoms with Crippen LogP contribution >= 0.6 is 0 Å². The Morgan fingerprint density at radius 3 is 2.50 bits per heavy atom. The molecule has 0 aromatic carbocycles. The quantitative estimate of drug-likeness (QED) is 0.635. The minimum Gasteiger partial charge on any atom is -0.371 e. The van der Waals surface area contributed by atoms with Gasteiger partial charge in [0, 0.05) is 6.54 Å². The molecule has 0 radical (unpaired) electrons. The van der Waals surface area contributed by atoms with Gasteiger partial charge in [-0.05, 0) is 13.3 Å². The van der Waals surface area contributed by atoms with Crippen LogP contribution in [0.4, 0.5) is 4.39 Å². The second-order valence-electron chi connectivity index (χ2n) is 2.55. The molecule has 0 bridgehead atoms. The normalized spacial score (nSPS) is 16.8. The van der Waals surface area contributed by atoms with Gasteiger partial charge in [-0.25, -0.2) is 4.39 Å². The Labute approximate surface area is 61.5 Å². The average molecular weight is 149 g/mol. The molecular formula is C7H16FNO. The summed E-state index contributed by atoms with van der Waals surface area (Å²) in [6.45, 7) is 4.04. The van der Waals surface area contributed by atoms with Crippen molar-refractivity contribution in [3.05, 3.63) is 0 Å². The summed E-state index contributed by atoms with van der Waals surface area (Å²) in [6, 6.07) is 0. The number of nitrogens with two attached hydrogens (primary N) is 1. The molecule has 0 heterocycles. The van der Waals surface area contributed by atoms with E-state index in [1.54, 1.807) is 0 Å². The lowest BCUT2D eigenvalue weighted by atomic mass is 10.0. The number of halogens is 1. The molecule has 2 N–H and O–H groups in total. The van der Waals surface area contributed by atoms with Gasteiger partial charge >= 0.3 is 0 Å². The van der Waals surface area contributed by atoms with Gasteiger partial charge in [0.1, 0.15) is 6.67 Å². The van der Waals surface area contributed by atoms with Crippen LogP contribution in [0, 0.1) is 0 Å². The molecular weight excluding hydrogens is 133 g/mol. The number of alkyl halides is 1. The van der Waals surface area contributed by atoms with E-state index in [2.05, 4.69) is 0 Å². The lowest BCUT2D eigenvalue weighted by Crippen LogP contribution is -2.37. The van der Waals surface area contributed by atoms with Gasteiger partial charge in [0.05, 0.1) is 12.2 Å². The van der Waals surface area contributed by atoms with Crippen LogP contribution in [0.5, 0.6) is 0 Å². The highest BCUT2D eigenvalue weighted by atomic mass is 19.1. The molecule has 0 aliphatic rings. The van der Waals surface area contributed by atoms with E-state index in [-0.39, 0.29) is 12.2 Å². The van der Waals surface area contributed by atoms with Crippen LogP contribution in [0.1, 0.15) is 20.3 Å². The van der Waals surface area contributed by atoms with Crippen molar-refractivity contribution in [1.29, 1.82) is 0 Å². The number of ether oxygens (including phenoxy) is 1. The maximum absolute atomic E-state index is 11.6. The highest BCUT2D eigenvalue weighted by Gasteiger charge is 2.19. The Morgan fingerprint density at radius 2 is 2.20 bits per heavy atom. The Kier molecular flexibility index (Phi) is 4.56. The molecule has 2 nitrogen and oxygen atoms in total. The van der Waals surface area contributed by atoms with Gasteiger partial charge in [-0.3, -0.25) is 0 Å². The zero-order valence-corrected chi connectivity index (χ0v) is 6.69. The van der Waals surface area contributed by atoms with Crippen molar-refractivity contribution >= 4 is 0 Å². The first-order valence-electron chi connectivity index (χ1n) is 3.58. The van der Waals surface area contributed by atoms with Crippen molar-refractivity contribution in [2.45, 2.75) is 25.9 Å². The molecule has 0 fully saturated rings. The molecule has 1 unspecified atom stereocenters. The van der Waals surface area contributed by atoms with Gasteiger partial charge < -0.3 is 10.5 Å². The van der Waals surface area contributed by atoms with E-state index in [1.165, 1.54) is 0 Å². The van der Waals surface area contributed by atoms with E-state index in [0.29, 0.717) is 6.54 Å². The Hall–Kier alpha value is -0.150. The lowest BCUT2D eigenvalue weighted by Gasteiger charge is -2.26. The van der Waals surface area contributed by atoms with Crippen LogP contribution in [-0.4, -0.2) is 25.4 Å². The van der Waals surface area contributed by atoms with E-state index < -0.39 is 6.67 Å². The van der Waals surface area contributed by atoms with Crippen molar-refractivity contribution < 1.29 is 9.13 Å². The van der Waals surface area contributed by atoms with Crippen molar-refractivity contribution in [3.8, 4) is 0 Å². The van der Waals surface area contributed by atoms with Crippen molar-refractivity contribution in [2.24, 2.45) is 5.73 Å². The molecule has 10 heavy (non-hydrogen) atoms. The van der Waals surface area contributed by atoms with Crippen LogP contribution in [0.2, 0.25) is 0 Å². The van der Waals surface area contributed by atoms with E-state index in [1.807, 2.05) is 13.8 Å². The molecule has 0 saturated heterocycles. The standard InChI is InChI=1S/C7H16FNO/c1-3-7(2,6-9)10-5-4-8/h3-6,9H2,1-2H3. The maximum atomic E-state index is 11.6. The summed E-state index contributed by atoms with van der Waals surface area (Å²) < 4.78 is 16.8. The molecule has 0 rings (SSSR count). The lowest BCUT2D eigenvalue weighted by molar-refractivity contribution is -0.0324. The summed E-state index contributed by atoms with van der Waals surface area (Å²) in [5.41, 5.74) is 5.08. The largest absolute Gasteiger partial charge is 0.371 e. The Balaban J connectivity index is 3.58. The topological polar surface area (TPSA) is 35.2 Å². The van der Waals surface area contributed by atoms with Gasteiger partial charge in [-0.15, -0.1) is 0 Å². The predicted molar refractivity (Wildman–Crippen MR) is 39.7 cm³/mol. The minimum atomic E-state index is -0.435. The second kappa shape index (κ2) is 4.63. The van der Waals surface area contributed by atoms with Crippen molar-refractivity contribution in [3.63, 3.8) is 0 Å². The van der Waals surface area contributed by atoms with Gasteiger partial charge in [0.2, 0.25) is 0 Å².